The Morgan fingerprint density at radius 3 is 2.75 bits per heavy atom. The molecule has 1 aromatic rings. The van der Waals surface area contributed by atoms with Crippen LogP contribution < -0.4 is 5.32 Å². The highest BCUT2D eigenvalue weighted by Gasteiger charge is 2.23. The second-order valence-corrected chi connectivity index (χ2v) is 4.11. The van der Waals surface area contributed by atoms with Gasteiger partial charge in [0.05, 0.1) is 6.20 Å². The Balaban J connectivity index is 2.52. The van der Waals surface area contributed by atoms with E-state index in [4.69, 9.17) is 5.11 Å². The third-order valence-corrected chi connectivity index (χ3v) is 2.08. The molecule has 88 valence electrons. The third-order valence-electron chi connectivity index (χ3n) is 2.08. The van der Waals surface area contributed by atoms with Crippen LogP contribution in [0.4, 0.5) is 0 Å². The maximum absolute atomic E-state index is 11.6. The lowest BCUT2D eigenvalue weighted by Gasteiger charge is -2.24. The van der Waals surface area contributed by atoms with Crippen molar-refractivity contribution >= 4 is 11.9 Å². The van der Waals surface area contributed by atoms with Gasteiger partial charge in [-0.05, 0) is 20.3 Å². The van der Waals surface area contributed by atoms with Gasteiger partial charge >= 0.3 is 5.97 Å². The van der Waals surface area contributed by atoms with Gasteiger partial charge in [-0.2, -0.15) is 0 Å². The molecule has 0 spiro atoms. The lowest BCUT2D eigenvalue weighted by molar-refractivity contribution is -0.137. The summed E-state index contributed by atoms with van der Waals surface area (Å²) < 4.78 is 4.69. The number of carboxylic acids is 1. The number of amides is 1. The minimum Gasteiger partial charge on any atom is -0.481 e. The Morgan fingerprint density at radius 2 is 2.25 bits per heavy atom. The van der Waals surface area contributed by atoms with E-state index in [0.717, 1.165) is 0 Å². The standard InChI is InChI=1S/C10H14N2O4/c1-10(2,5-3-8(13)14)12-9(15)7-4-6-11-16-7/h4,6H,3,5H2,1-2H3,(H,12,15)(H,13,14). The quantitative estimate of drug-likeness (QED) is 0.782. The molecule has 0 unspecified atom stereocenters. The van der Waals surface area contributed by atoms with Crippen molar-refractivity contribution in [3.63, 3.8) is 0 Å². The van der Waals surface area contributed by atoms with Crippen LogP contribution in [0, 0.1) is 0 Å². The average Bonchev–Trinajstić information content (AvgIpc) is 2.67. The van der Waals surface area contributed by atoms with Crippen LogP contribution in [0.25, 0.3) is 0 Å². The molecule has 0 saturated carbocycles. The van der Waals surface area contributed by atoms with Gasteiger partial charge in [0.2, 0.25) is 5.76 Å². The first kappa shape index (κ1) is 12.2. The highest BCUT2D eigenvalue weighted by atomic mass is 16.5. The molecular formula is C10H14N2O4. The number of hydrogen-bond acceptors (Lipinski definition) is 4. The lowest BCUT2D eigenvalue weighted by atomic mass is 9.98. The Kier molecular flexibility index (Phi) is 3.65. The highest BCUT2D eigenvalue weighted by Crippen LogP contribution is 2.12. The predicted octanol–water partition coefficient (Wildman–Crippen LogP) is 1.05. The van der Waals surface area contributed by atoms with Gasteiger partial charge in [0.25, 0.3) is 5.91 Å². The number of nitrogens with one attached hydrogen (secondary N) is 1. The molecule has 2 N–H and O–H groups in total. The van der Waals surface area contributed by atoms with Crippen molar-refractivity contribution < 1.29 is 19.2 Å². The summed E-state index contributed by atoms with van der Waals surface area (Å²) in [5, 5.41) is 14.6. The normalized spacial score (nSPS) is 11.1. The molecule has 0 aliphatic rings. The zero-order valence-corrected chi connectivity index (χ0v) is 9.19. The van der Waals surface area contributed by atoms with E-state index in [2.05, 4.69) is 15.0 Å². The topological polar surface area (TPSA) is 92.4 Å². The first-order chi connectivity index (χ1) is 7.41. The number of aliphatic carboxylic acids is 1. The summed E-state index contributed by atoms with van der Waals surface area (Å²) in [6.45, 7) is 3.51. The van der Waals surface area contributed by atoms with Crippen LogP contribution in [0.1, 0.15) is 37.2 Å². The van der Waals surface area contributed by atoms with Crippen molar-refractivity contribution in [2.75, 3.05) is 0 Å². The molecule has 0 radical (unpaired) electrons. The molecule has 1 aromatic heterocycles. The minimum atomic E-state index is -0.887. The molecule has 0 aromatic carbocycles. The smallest absolute Gasteiger partial charge is 0.303 e. The van der Waals surface area contributed by atoms with Crippen LogP contribution >= 0.6 is 0 Å². The number of carbonyl (C=O) groups excluding carboxylic acids is 1. The molecular weight excluding hydrogens is 212 g/mol. The minimum absolute atomic E-state index is 0.00366. The maximum Gasteiger partial charge on any atom is 0.303 e. The van der Waals surface area contributed by atoms with E-state index >= 15 is 0 Å². The highest BCUT2D eigenvalue weighted by molar-refractivity contribution is 5.91. The second kappa shape index (κ2) is 4.78. The maximum atomic E-state index is 11.6. The van der Waals surface area contributed by atoms with Gasteiger partial charge in [0.1, 0.15) is 0 Å². The molecule has 1 rings (SSSR count). The fourth-order valence-electron chi connectivity index (χ4n) is 1.18. The van der Waals surface area contributed by atoms with Crippen molar-refractivity contribution in [3.05, 3.63) is 18.0 Å². The zero-order chi connectivity index (χ0) is 12.2. The number of nitrogens with zero attached hydrogens (tertiary/aromatic N) is 1. The fourth-order valence-corrected chi connectivity index (χ4v) is 1.18. The summed E-state index contributed by atoms with van der Waals surface area (Å²) in [7, 11) is 0. The largest absolute Gasteiger partial charge is 0.481 e. The Hall–Kier alpha value is -1.85. The molecule has 1 heterocycles. The number of rotatable bonds is 5. The summed E-state index contributed by atoms with van der Waals surface area (Å²) in [6.07, 6.45) is 1.73. The number of hydrogen-bond donors (Lipinski definition) is 2. The van der Waals surface area contributed by atoms with Crippen molar-refractivity contribution in [3.8, 4) is 0 Å². The Bertz CT molecular complexity index is 370. The number of carbonyl (C=O) groups is 2. The SMILES string of the molecule is CC(C)(CCC(=O)O)NC(=O)c1ccno1. The number of aromatic nitrogens is 1. The molecule has 0 bridgehead atoms. The van der Waals surface area contributed by atoms with Crippen LogP contribution in [0.5, 0.6) is 0 Å². The van der Waals surface area contributed by atoms with E-state index in [1.165, 1.54) is 12.3 Å². The van der Waals surface area contributed by atoms with Crippen LogP contribution in [0.2, 0.25) is 0 Å². The van der Waals surface area contributed by atoms with Gasteiger partial charge in [0, 0.05) is 18.0 Å². The molecule has 6 heteroatoms. The van der Waals surface area contributed by atoms with Gasteiger partial charge in [-0.3, -0.25) is 9.59 Å². The molecule has 16 heavy (non-hydrogen) atoms. The van der Waals surface area contributed by atoms with E-state index in [-0.39, 0.29) is 12.2 Å². The van der Waals surface area contributed by atoms with Gasteiger partial charge in [-0.1, -0.05) is 5.16 Å². The third kappa shape index (κ3) is 3.72. The van der Waals surface area contributed by atoms with Crippen molar-refractivity contribution in [2.45, 2.75) is 32.2 Å². The summed E-state index contributed by atoms with van der Waals surface area (Å²) in [4.78, 5) is 22.0. The monoisotopic (exact) mass is 226 g/mol. The van der Waals surface area contributed by atoms with E-state index < -0.39 is 17.4 Å². The van der Waals surface area contributed by atoms with E-state index in [0.29, 0.717) is 6.42 Å². The molecule has 0 atom stereocenters. The van der Waals surface area contributed by atoms with Crippen molar-refractivity contribution in [1.29, 1.82) is 0 Å². The summed E-state index contributed by atoms with van der Waals surface area (Å²) in [5.41, 5.74) is -0.595. The van der Waals surface area contributed by atoms with Crippen LogP contribution in [0.3, 0.4) is 0 Å². The van der Waals surface area contributed by atoms with Gasteiger partial charge in [-0.15, -0.1) is 0 Å². The van der Waals surface area contributed by atoms with Gasteiger partial charge in [-0.25, -0.2) is 0 Å². The lowest BCUT2D eigenvalue weighted by Crippen LogP contribution is -2.43. The van der Waals surface area contributed by atoms with Gasteiger partial charge < -0.3 is 14.9 Å². The van der Waals surface area contributed by atoms with E-state index in [1.807, 2.05) is 0 Å². The molecule has 1 amide bonds. The molecule has 0 fully saturated rings. The first-order valence-electron chi connectivity index (χ1n) is 4.86. The van der Waals surface area contributed by atoms with Crippen LogP contribution in [0.15, 0.2) is 16.8 Å². The average molecular weight is 226 g/mol. The zero-order valence-electron chi connectivity index (χ0n) is 9.19. The summed E-state index contributed by atoms with van der Waals surface area (Å²) in [6, 6.07) is 1.45. The molecule has 6 nitrogen and oxygen atoms in total. The molecule has 0 aliphatic heterocycles. The fraction of sp³-hybridized carbons (Fsp3) is 0.500. The molecule has 0 aliphatic carbocycles. The van der Waals surface area contributed by atoms with Crippen LogP contribution in [-0.4, -0.2) is 27.7 Å². The van der Waals surface area contributed by atoms with Crippen molar-refractivity contribution in [2.24, 2.45) is 0 Å². The van der Waals surface area contributed by atoms with Crippen molar-refractivity contribution in [1.82, 2.24) is 10.5 Å². The summed E-state index contributed by atoms with van der Waals surface area (Å²) >= 11 is 0. The van der Waals surface area contributed by atoms with Crippen LogP contribution in [-0.2, 0) is 4.79 Å². The Labute approximate surface area is 92.6 Å². The van der Waals surface area contributed by atoms with Gasteiger partial charge in [0.15, 0.2) is 0 Å². The molecule has 0 saturated heterocycles. The first-order valence-corrected chi connectivity index (χ1v) is 4.86. The number of carboxylic acid groups (broad SMARTS) is 1. The van der Waals surface area contributed by atoms with E-state index in [1.54, 1.807) is 13.8 Å². The predicted molar refractivity (Wildman–Crippen MR) is 54.9 cm³/mol. The Morgan fingerprint density at radius 1 is 1.56 bits per heavy atom. The van der Waals surface area contributed by atoms with E-state index in [9.17, 15) is 9.59 Å². The second-order valence-electron chi connectivity index (χ2n) is 4.11. The summed E-state index contributed by atoms with van der Waals surface area (Å²) in [5.74, 6) is -1.17.